The predicted octanol–water partition coefficient (Wildman–Crippen LogP) is 6.10. The number of likely N-dealkylation sites (tertiary alicyclic amines) is 1. The van der Waals surface area contributed by atoms with E-state index >= 15 is 0 Å². The highest BCUT2D eigenvalue weighted by molar-refractivity contribution is 7.91. The second-order valence-electron chi connectivity index (χ2n) is 13.0. The number of alkyl halides is 5. The lowest BCUT2D eigenvalue weighted by Crippen LogP contribution is -2.45. The highest BCUT2D eigenvalue weighted by atomic mass is 35.5. The number of urea groups is 2. The molecule has 4 aliphatic rings. The monoisotopic (exact) mass is 817 g/mol. The summed E-state index contributed by atoms with van der Waals surface area (Å²) in [6.45, 7) is 1.48. The van der Waals surface area contributed by atoms with E-state index in [0.717, 1.165) is 11.1 Å². The standard InChI is InChI=1S/C16H21F2N3O3S.C12H15ClN2O3S.C5H8F2.ClH/c17-16(18)5-6-20(12-16)11-13-1-3-14(4-2-13)19-15(22)21-7-9-25(23,24)10-8-21;13-9-10-1-3-11(4-2-10)14-12(16)15-5-7-19(17,18)8-6-15;6-5(7)3-1-2-4-5;/h1-4H,5-12H2,(H,19,22);1-4H,5-9H2,(H,14,16);1-4H2;1H. The van der Waals surface area contributed by atoms with Crippen LogP contribution in [0, 0.1) is 0 Å². The summed E-state index contributed by atoms with van der Waals surface area (Å²) in [6.07, 6.45) is 1.56. The van der Waals surface area contributed by atoms with Crippen LogP contribution in [0.1, 0.15) is 43.2 Å². The van der Waals surface area contributed by atoms with Crippen LogP contribution in [-0.4, -0.2) is 118 Å². The van der Waals surface area contributed by atoms with Crippen LogP contribution in [0.2, 0.25) is 0 Å². The highest BCUT2D eigenvalue weighted by Gasteiger charge is 2.38. The number of hydrogen-bond acceptors (Lipinski definition) is 7. The quantitative estimate of drug-likeness (QED) is 0.275. The molecule has 6 rings (SSSR count). The SMILES string of the molecule is Cl.FC1(F)CCCC1.O=C(Nc1ccc(CCl)cc1)N1CCS(=O)(=O)CC1.O=C(Nc1ccc(CN2CCC(F)(F)C2)cc1)N1CCS(=O)(=O)CC1. The molecule has 1 aliphatic carbocycles. The normalized spacial score (nSPS) is 21.3. The van der Waals surface area contributed by atoms with Crippen molar-refractivity contribution in [3.05, 3.63) is 59.7 Å². The topological polar surface area (TPSA) is 136 Å². The van der Waals surface area contributed by atoms with Gasteiger partial charge in [-0.15, -0.1) is 24.0 Å². The number of hydrogen-bond donors (Lipinski definition) is 2. The van der Waals surface area contributed by atoms with Crippen LogP contribution >= 0.6 is 24.0 Å². The Labute approximate surface area is 313 Å². The van der Waals surface area contributed by atoms with Crippen LogP contribution in [0.25, 0.3) is 0 Å². The summed E-state index contributed by atoms with van der Waals surface area (Å²) in [5, 5.41) is 5.47. The van der Waals surface area contributed by atoms with Gasteiger partial charge in [0.05, 0.1) is 29.6 Å². The highest BCUT2D eigenvalue weighted by Crippen LogP contribution is 2.34. The van der Waals surface area contributed by atoms with Gasteiger partial charge in [0, 0.05) is 75.8 Å². The zero-order chi connectivity index (χ0) is 37.3. The third-order valence-corrected chi connectivity index (χ3v) is 12.3. The first-order valence-corrected chi connectivity index (χ1v) is 20.9. The van der Waals surface area contributed by atoms with E-state index in [1.54, 1.807) is 41.3 Å². The van der Waals surface area contributed by atoms with Crippen LogP contribution in [-0.2, 0) is 32.1 Å². The molecule has 0 unspecified atom stereocenters. The maximum atomic E-state index is 13.2. The van der Waals surface area contributed by atoms with Crippen molar-refractivity contribution >= 4 is 67.1 Å². The third-order valence-electron chi connectivity index (χ3n) is 8.82. The molecule has 0 radical (unpaired) electrons. The lowest BCUT2D eigenvalue weighted by molar-refractivity contribution is 0.00911. The van der Waals surface area contributed by atoms with Gasteiger partial charge in [-0.1, -0.05) is 24.3 Å². The van der Waals surface area contributed by atoms with Crippen LogP contribution in [0.15, 0.2) is 48.5 Å². The van der Waals surface area contributed by atoms with Gasteiger partial charge in [-0.3, -0.25) is 4.90 Å². The predicted molar refractivity (Wildman–Crippen MR) is 196 cm³/mol. The largest absolute Gasteiger partial charge is 0.322 e. The molecule has 0 bridgehead atoms. The fraction of sp³-hybridized carbons (Fsp3) is 0.576. The van der Waals surface area contributed by atoms with Gasteiger partial charge in [0.15, 0.2) is 19.7 Å². The number of carbonyl (C=O) groups is 2. The lowest BCUT2D eigenvalue weighted by atomic mass is 10.2. The maximum absolute atomic E-state index is 13.2. The number of benzene rings is 2. The molecule has 11 nitrogen and oxygen atoms in total. The summed E-state index contributed by atoms with van der Waals surface area (Å²) in [5.41, 5.74) is 3.14. The van der Waals surface area contributed by atoms with Crippen LogP contribution in [0.5, 0.6) is 0 Å². The number of carbonyl (C=O) groups excluding carboxylic acids is 2. The summed E-state index contributed by atoms with van der Waals surface area (Å²) in [6, 6.07) is 13.7. The number of rotatable bonds is 5. The minimum absolute atomic E-state index is 0. The van der Waals surface area contributed by atoms with Gasteiger partial charge >= 0.3 is 12.1 Å². The Bertz CT molecular complexity index is 1670. The lowest BCUT2D eigenvalue weighted by Gasteiger charge is -2.26. The number of nitrogens with one attached hydrogen (secondary N) is 2. The second kappa shape index (κ2) is 18.9. The number of halogens is 6. The van der Waals surface area contributed by atoms with Crippen molar-refractivity contribution in [3.63, 3.8) is 0 Å². The second-order valence-corrected chi connectivity index (χ2v) is 17.9. The third kappa shape index (κ3) is 14.5. The first-order valence-electron chi connectivity index (χ1n) is 16.7. The van der Waals surface area contributed by atoms with Crippen LogP contribution in [0.4, 0.5) is 38.5 Å². The maximum Gasteiger partial charge on any atom is 0.321 e. The first kappa shape index (κ1) is 43.5. The molecule has 0 aromatic heterocycles. The van der Waals surface area contributed by atoms with Gasteiger partial charge in [-0.05, 0) is 48.2 Å². The Morgan fingerprint density at radius 1 is 0.635 bits per heavy atom. The van der Waals surface area contributed by atoms with Crippen molar-refractivity contribution in [1.82, 2.24) is 14.7 Å². The molecular weight excluding hydrogens is 773 g/mol. The van der Waals surface area contributed by atoms with E-state index in [4.69, 9.17) is 11.6 Å². The Kier molecular flexibility index (Phi) is 15.9. The molecule has 19 heteroatoms. The molecule has 0 atom stereocenters. The summed E-state index contributed by atoms with van der Waals surface area (Å²) in [7, 11) is -5.99. The van der Waals surface area contributed by atoms with E-state index in [9.17, 15) is 44.0 Å². The van der Waals surface area contributed by atoms with Gasteiger partial charge in [0.2, 0.25) is 5.92 Å². The van der Waals surface area contributed by atoms with Crippen molar-refractivity contribution in [2.45, 2.75) is 56.4 Å². The van der Waals surface area contributed by atoms with E-state index in [-0.39, 0.29) is 99.5 Å². The van der Waals surface area contributed by atoms with Gasteiger partial charge in [-0.25, -0.2) is 44.0 Å². The molecule has 1 saturated carbocycles. The average Bonchev–Trinajstić information content (AvgIpc) is 3.65. The molecule has 2 N–H and O–H groups in total. The Morgan fingerprint density at radius 3 is 1.37 bits per heavy atom. The fourth-order valence-electron chi connectivity index (χ4n) is 5.70. The van der Waals surface area contributed by atoms with E-state index in [1.807, 2.05) is 12.1 Å². The molecule has 3 aliphatic heterocycles. The minimum Gasteiger partial charge on any atom is -0.322 e. The van der Waals surface area contributed by atoms with Crippen LogP contribution < -0.4 is 10.6 Å². The molecular formula is C33H45Cl2F4N5O6S2. The van der Waals surface area contributed by atoms with Crippen molar-refractivity contribution in [1.29, 1.82) is 0 Å². The van der Waals surface area contributed by atoms with Gasteiger partial charge < -0.3 is 20.4 Å². The van der Waals surface area contributed by atoms with Crippen molar-refractivity contribution < 1.29 is 44.0 Å². The summed E-state index contributed by atoms with van der Waals surface area (Å²) < 4.78 is 95.6. The molecule has 3 saturated heterocycles. The molecule has 52 heavy (non-hydrogen) atoms. The molecule has 2 aromatic carbocycles. The summed E-state index contributed by atoms with van der Waals surface area (Å²) >= 11 is 5.68. The first-order chi connectivity index (χ1) is 23.9. The minimum atomic E-state index is -3.03. The smallest absolute Gasteiger partial charge is 0.321 e. The fourth-order valence-corrected chi connectivity index (χ4v) is 8.28. The molecule has 292 valence electrons. The molecule has 4 amide bonds. The Morgan fingerprint density at radius 2 is 1.04 bits per heavy atom. The zero-order valence-corrected chi connectivity index (χ0v) is 31.8. The van der Waals surface area contributed by atoms with E-state index in [0.29, 0.717) is 43.2 Å². The zero-order valence-electron chi connectivity index (χ0n) is 28.5. The van der Waals surface area contributed by atoms with E-state index in [1.165, 1.54) is 9.80 Å². The average molecular weight is 819 g/mol. The van der Waals surface area contributed by atoms with E-state index in [2.05, 4.69) is 10.6 Å². The summed E-state index contributed by atoms with van der Waals surface area (Å²) in [4.78, 5) is 28.8. The number of sulfone groups is 2. The molecule has 4 fully saturated rings. The van der Waals surface area contributed by atoms with Crippen LogP contribution in [0.3, 0.4) is 0 Å². The van der Waals surface area contributed by atoms with Gasteiger partial charge in [-0.2, -0.15) is 0 Å². The molecule has 2 aromatic rings. The number of anilines is 2. The van der Waals surface area contributed by atoms with Crippen molar-refractivity contribution in [2.75, 3.05) is 72.9 Å². The van der Waals surface area contributed by atoms with Gasteiger partial charge in [0.1, 0.15) is 0 Å². The van der Waals surface area contributed by atoms with Crippen molar-refractivity contribution in [2.24, 2.45) is 0 Å². The van der Waals surface area contributed by atoms with Gasteiger partial charge in [0.25, 0.3) is 5.92 Å². The Hall–Kier alpha value is -2.86. The number of amides is 4. The van der Waals surface area contributed by atoms with E-state index < -0.39 is 31.5 Å². The molecule has 3 heterocycles. The number of nitrogens with zero attached hydrogens (tertiary/aromatic N) is 3. The summed E-state index contributed by atoms with van der Waals surface area (Å²) in [5.74, 6) is -4.44. The Balaban J connectivity index is 0.000000238. The van der Waals surface area contributed by atoms with Crippen molar-refractivity contribution in [3.8, 4) is 0 Å². The molecule has 0 spiro atoms.